The zero-order valence-corrected chi connectivity index (χ0v) is 10.0. The first-order valence-electron chi connectivity index (χ1n) is 6.11. The minimum absolute atomic E-state index is 0.0726. The van der Waals surface area contributed by atoms with Crippen LogP contribution in [-0.4, -0.2) is 24.2 Å². The average molecular weight is 226 g/mol. The van der Waals surface area contributed by atoms with Gasteiger partial charge in [-0.1, -0.05) is 17.1 Å². The molecular formula is C13H15BN2O. The van der Waals surface area contributed by atoms with E-state index in [1.54, 1.807) is 0 Å². The summed E-state index contributed by atoms with van der Waals surface area (Å²) >= 11 is 0. The zero-order valence-electron chi connectivity index (χ0n) is 10.0. The van der Waals surface area contributed by atoms with Crippen molar-refractivity contribution in [2.75, 3.05) is 6.61 Å². The van der Waals surface area contributed by atoms with E-state index in [9.17, 15) is 0 Å². The summed E-state index contributed by atoms with van der Waals surface area (Å²) in [5.74, 6) is 0. The molecule has 86 valence electrons. The van der Waals surface area contributed by atoms with Crippen molar-refractivity contribution < 1.29 is 4.74 Å². The van der Waals surface area contributed by atoms with Crippen molar-refractivity contribution >= 4 is 24.2 Å². The van der Waals surface area contributed by atoms with Crippen LogP contribution < -0.4 is 5.46 Å². The van der Waals surface area contributed by atoms with Crippen LogP contribution in [0.15, 0.2) is 18.3 Å². The number of benzene rings is 1. The smallest absolute Gasteiger partial charge is 0.150 e. The molecule has 1 fully saturated rings. The largest absolute Gasteiger partial charge is 0.356 e. The van der Waals surface area contributed by atoms with Crippen molar-refractivity contribution in [1.82, 2.24) is 9.78 Å². The first kappa shape index (κ1) is 10.8. The van der Waals surface area contributed by atoms with Gasteiger partial charge in [-0.15, -0.1) is 0 Å². The molecule has 1 aliphatic heterocycles. The third kappa shape index (κ3) is 1.76. The predicted octanol–water partition coefficient (Wildman–Crippen LogP) is 1.84. The number of rotatable bonds is 1. The minimum Gasteiger partial charge on any atom is -0.356 e. The standard InChI is InChI=1S/C13H15BN2O/c1-9-5-6-11-10(13(9)14)8-15-16(11)12-4-2-3-7-17-12/h5-6,8,12H,2-4,7H2,1H3. The molecule has 3 nitrogen and oxygen atoms in total. The van der Waals surface area contributed by atoms with Crippen LogP contribution in [0.4, 0.5) is 0 Å². The van der Waals surface area contributed by atoms with Gasteiger partial charge in [0.2, 0.25) is 0 Å². The molecule has 0 bridgehead atoms. The first-order chi connectivity index (χ1) is 8.27. The maximum Gasteiger partial charge on any atom is 0.150 e. The molecule has 1 aromatic heterocycles. The Bertz CT molecular complexity index is 544. The lowest BCUT2D eigenvalue weighted by atomic mass is 9.88. The number of aromatic nitrogens is 2. The second kappa shape index (κ2) is 4.19. The fourth-order valence-corrected chi connectivity index (χ4v) is 2.40. The molecule has 3 rings (SSSR count). The number of nitrogens with zero attached hydrogens (tertiary/aromatic N) is 2. The number of aryl methyl sites for hydroxylation is 1. The number of ether oxygens (including phenoxy) is 1. The third-order valence-corrected chi connectivity index (χ3v) is 3.47. The van der Waals surface area contributed by atoms with Crippen LogP contribution in [0.2, 0.25) is 0 Å². The average Bonchev–Trinajstić information content (AvgIpc) is 2.79. The molecule has 1 saturated heterocycles. The molecule has 0 saturated carbocycles. The van der Waals surface area contributed by atoms with Crippen LogP contribution in [0.3, 0.4) is 0 Å². The van der Waals surface area contributed by atoms with E-state index in [-0.39, 0.29) is 6.23 Å². The number of hydrogen-bond donors (Lipinski definition) is 0. The van der Waals surface area contributed by atoms with E-state index < -0.39 is 0 Å². The molecule has 0 spiro atoms. The fraction of sp³-hybridized carbons (Fsp3) is 0.462. The lowest BCUT2D eigenvalue weighted by Crippen LogP contribution is -2.19. The molecule has 1 aromatic carbocycles. The van der Waals surface area contributed by atoms with E-state index in [4.69, 9.17) is 12.6 Å². The van der Waals surface area contributed by atoms with Gasteiger partial charge in [-0.05, 0) is 32.3 Å². The van der Waals surface area contributed by atoms with E-state index in [2.05, 4.69) is 11.2 Å². The van der Waals surface area contributed by atoms with Crippen molar-refractivity contribution in [3.63, 3.8) is 0 Å². The quantitative estimate of drug-likeness (QED) is 0.693. The molecule has 1 atom stereocenters. The van der Waals surface area contributed by atoms with Gasteiger partial charge in [0.25, 0.3) is 0 Å². The van der Waals surface area contributed by atoms with E-state index in [1.165, 1.54) is 6.42 Å². The number of hydrogen-bond acceptors (Lipinski definition) is 2. The summed E-state index contributed by atoms with van der Waals surface area (Å²) in [5, 5.41) is 5.46. The molecule has 17 heavy (non-hydrogen) atoms. The third-order valence-electron chi connectivity index (χ3n) is 3.47. The summed E-state index contributed by atoms with van der Waals surface area (Å²) in [7, 11) is 6.07. The van der Waals surface area contributed by atoms with Gasteiger partial charge in [0.1, 0.15) is 7.85 Å². The van der Waals surface area contributed by atoms with Crippen molar-refractivity contribution in [2.45, 2.75) is 32.4 Å². The lowest BCUT2D eigenvalue weighted by molar-refractivity contribution is -0.0366. The van der Waals surface area contributed by atoms with Gasteiger partial charge in [-0.3, -0.25) is 0 Å². The monoisotopic (exact) mass is 226 g/mol. The van der Waals surface area contributed by atoms with Gasteiger partial charge in [0.15, 0.2) is 6.23 Å². The molecule has 1 unspecified atom stereocenters. The summed E-state index contributed by atoms with van der Waals surface area (Å²) in [4.78, 5) is 0. The van der Waals surface area contributed by atoms with E-state index in [0.717, 1.165) is 41.4 Å². The van der Waals surface area contributed by atoms with Gasteiger partial charge >= 0.3 is 0 Å². The molecule has 0 amide bonds. The molecular weight excluding hydrogens is 211 g/mol. The van der Waals surface area contributed by atoms with Gasteiger partial charge in [-0.2, -0.15) is 5.10 Å². The van der Waals surface area contributed by atoms with Crippen molar-refractivity contribution in [3.05, 3.63) is 23.9 Å². The highest BCUT2D eigenvalue weighted by Crippen LogP contribution is 2.25. The Balaban J connectivity index is 2.08. The van der Waals surface area contributed by atoms with Gasteiger partial charge < -0.3 is 4.74 Å². The lowest BCUT2D eigenvalue weighted by Gasteiger charge is -2.23. The van der Waals surface area contributed by atoms with Crippen LogP contribution in [0, 0.1) is 6.92 Å². The Morgan fingerprint density at radius 3 is 3.06 bits per heavy atom. The SMILES string of the molecule is [B]c1c(C)ccc2c1cnn2C1CCCCO1. The van der Waals surface area contributed by atoms with Crippen LogP contribution in [-0.2, 0) is 4.74 Å². The van der Waals surface area contributed by atoms with Crippen molar-refractivity contribution in [1.29, 1.82) is 0 Å². The molecule has 2 heterocycles. The summed E-state index contributed by atoms with van der Waals surface area (Å²) in [6, 6.07) is 4.12. The Hall–Kier alpha value is -1.29. The van der Waals surface area contributed by atoms with Crippen molar-refractivity contribution in [3.8, 4) is 0 Å². The molecule has 0 aliphatic carbocycles. The van der Waals surface area contributed by atoms with E-state index >= 15 is 0 Å². The van der Waals surface area contributed by atoms with Gasteiger partial charge in [0.05, 0.1) is 11.7 Å². The van der Waals surface area contributed by atoms with Gasteiger partial charge in [-0.25, -0.2) is 4.68 Å². The van der Waals surface area contributed by atoms with Crippen LogP contribution in [0.5, 0.6) is 0 Å². The Labute approximate surface area is 102 Å². The predicted molar refractivity (Wildman–Crippen MR) is 68.7 cm³/mol. The normalized spacial score (nSPS) is 20.9. The van der Waals surface area contributed by atoms with Crippen LogP contribution in [0.1, 0.15) is 31.1 Å². The zero-order chi connectivity index (χ0) is 11.8. The van der Waals surface area contributed by atoms with Crippen LogP contribution in [0.25, 0.3) is 10.9 Å². The van der Waals surface area contributed by atoms with E-state index in [1.807, 2.05) is 23.9 Å². The molecule has 0 N–H and O–H groups in total. The van der Waals surface area contributed by atoms with Gasteiger partial charge in [0, 0.05) is 12.0 Å². The first-order valence-corrected chi connectivity index (χ1v) is 6.11. The second-order valence-electron chi connectivity index (χ2n) is 4.64. The van der Waals surface area contributed by atoms with Crippen LogP contribution >= 0.6 is 0 Å². The Kier molecular flexibility index (Phi) is 2.67. The topological polar surface area (TPSA) is 27.1 Å². The summed E-state index contributed by atoms with van der Waals surface area (Å²) in [6.45, 7) is 2.84. The Morgan fingerprint density at radius 2 is 2.29 bits per heavy atom. The summed E-state index contributed by atoms with van der Waals surface area (Å²) < 4.78 is 7.72. The van der Waals surface area contributed by atoms with E-state index in [0.29, 0.717) is 0 Å². The molecule has 2 radical (unpaired) electrons. The molecule has 2 aromatic rings. The van der Waals surface area contributed by atoms with Crippen molar-refractivity contribution in [2.24, 2.45) is 0 Å². The Morgan fingerprint density at radius 1 is 1.41 bits per heavy atom. The highest BCUT2D eigenvalue weighted by Gasteiger charge is 2.18. The summed E-state index contributed by atoms with van der Waals surface area (Å²) in [6.07, 6.45) is 5.30. The second-order valence-corrected chi connectivity index (χ2v) is 4.64. The number of fused-ring (bicyclic) bond motifs is 1. The fourth-order valence-electron chi connectivity index (χ4n) is 2.40. The summed E-state index contributed by atoms with van der Waals surface area (Å²) in [5.41, 5.74) is 2.99. The minimum atomic E-state index is 0.0726. The molecule has 4 heteroatoms. The maximum atomic E-state index is 6.07. The highest BCUT2D eigenvalue weighted by molar-refractivity contribution is 6.39. The molecule has 1 aliphatic rings. The maximum absolute atomic E-state index is 6.07. The highest BCUT2D eigenvalue weighted by atomic mass is 16.5.